The fourth-order valence-electron chi connectivity index (χ4n) is 2.44. The number of aromatic nitrogens is 1. The summed E-state index contributed by atoms with van der Waals surface area (Å²) in [5.41, 5.74) is 2.46. The Morgan fingerprint density at radius 3 is 3.00 bits per heavy atom. The van der Waals surface area contributed by atoms with Crippen LogP contribution in [0.1, 0.15) is 21.0 Å². The van der Waals surface area contributed by atoms with E-state index in [1.165, 1.54) is 11.3 Å². The second kappa shape index (κ2) is 6.83. The first-order valence-electron chi connectivity index (χ1n) is 7.18. The number of ether oxygens (including phenoxy) is 1. The standard InChI is InChI=1S/C17H16ClNO3S/c1-10-3-4-14-11(8-22-17(14)16(10)18)5-12(20)6-15-19-7-13(23-15)9-21-2/h3-4,7-8H,5-6,9H2,1-2H3. The van der Waals surface area contributed by atoms with Crippen LogP contribution in [0.25, 0.3) is 11.0 Å². The van der Waals surface area contributed by atoms with E-state index in [9.17, 15) is 4.79 Å². The van der Waals surface area contributed by atoms with Crippen molar-refractivity contribution in [2.45, 2.75) is 26.4 Å². The van der Waals surface area contributed by atoms with Crippen molar-refractivity contribution in [2.75, 3.05) is 7.11 Å². The van der Waals surface area contributed by atoms with Crippen molar-refractivity contribution in [3.05, 3.63) is 50.6 Å². The van der Waals surface area contributed by atoms with Gasteiger partial charge in [0.2, 0.25) is 0 Å². The highest BCUT2D eigenvalue weighted by molar-refractivity contribution is 7.11. The van der Waals surface area contributed by atoms with Crippen molar-refractivity contribution in [3.8, 4) is 0 Å². The molecule has 0 atom stereocenters. The van der Waals surface area contributed by atoms with Crippen LogP contribution in [0.3, 0.4) is 0 Å². The van der Waals surface area contributed by atoms with Crippen molar-refractivity contribution in [1.29, 1.82) is 0 Å². The van der Waals surface area contributed by atoms with Gasteiger partial charge in [0.25, 0.3) is 0 Å². The Hall–Kier alpha value is -1.69. The summed E-state index contributed by atoms with van der Waals surface area (Å²) in [6.07, 6.45) is 4.00. The summed E-state index contributed by atoms with van der Waals surface area (Å²) < 4.78 is 10.6. The van der Waals surface area contributed by atoms with Crippen LogP contribution in [0.2, 0.25) is 5.02 Å². The number of furan rings is 1. The molecule has 0 aliphatic carbocycles. The Labute approximate surface area is 143 Å². The maximum absolute atomic E-state index is 12.3. The van der Waals surface area contributed by atoms with Gasteiger partial charge in [-0.15, -0.1) is 11.3 Å². The second-order valence-electron chi connectivity index (χ2n) is 5.38. The van der Waals surface area contributed by atoms with Crippen LogP contribution in [-0.2, 0) is 29.0 Å². The van der Waals surface area contributed by atoms with Crippen LogP contribution in [0, 0.1) is 6.92 Å². The summed E-state index contributed by atoms with van der Waals surface area (Å²) in [5.74, 6) is 0.0997. The third-order valence-electron chi connectivity index (χ3n) is 3.58. The Morgan fingerprint density at radius 1 is 1.39 bits per heavy atom. The van der Waals surface area contributed by atoms with E-state index in [0.717, 1.165) is 26.4 Å². The number of benzene rings is 1. The van der Waals surface area contributed by atoms with Crippen LogP contribution < -0.4 is 0 Å². The fraction of sp³-hybridized carbons (Fsp3) is 0.294. The number of halogens is 1. The molecular weight excluding hydrogens is 334 g/mol. The number of aryl methyl sites for hydroxylation is 1. The number of carbonyl (C=O) groups excluding carboxylic acids is 1. The lowest BCUT2D eigenvalue weighted by Gasteiger charge is -2.00. The number of methoxy groups -OCH3 is 1. The van der Waals surface area contributed by atoms with Gasteiger partial charge in [0.05, 0.1) is 29.2 Å². The molecule has 0 spiro atoms. The normalized spacial score (nSPS) is 11.3. The monoisotopic (exact) mass is 349 g/mol. The van der Waals surface area contributed by atoms with Gasteiger partial charge in [-0.1, -0.05) is 23.7 Å². The third-order valence-corrected chi connectivity index (χ3v) is 5.02. The van der Waals surface area contributed by atoms with E-state index in [0.29, 0.717) is 30.1 Å². The van der Waals surface area contributed by atoms with Gasteiger partial charge in [-0.05, 0) is 12.5 Å². The highest BCUT2D eigenvalue weighted by Crippen LogP contribution is 2.31. The molecular formula is C17H16ClNO3S. The fourth-order valence-corrected chi connectivity index (χ4v) is 3.57. The number of rotatable bonds is 6. The first-order valence-corrected chi connectivity index (χ1v) is 8.37. The van der Waals surface area contributed by atoms with Crippen molar-refractivity contribution >= 4 is 39.7 Å². The molecule has 0 unspecified atom stereocenters. The van der Waals surface area contributed by atoms with Gasteiger partial charge in [0.15, 0.2) is 5.58 Å². The maximum Gasteiger partial charge on any atom is 0.152 e. The molecule has 2 heterocycles. The van der Waals surface area contributed by atoms with Crippen LogP contribution >= 0.6 is 22.9 Å². The molecule has 0 N–H and O–H groups in total. The third kappa shape index (κ3) is 3.47. The second-order valence-corrected chi connectivity index (χ2v) is 6.96. The number of carbonyl (C=O) groups is 1. The van der Waals surface area contributed by atoms with Gasteiger partial charge in [0, 0.05) is 30.7 Å². The Kier molecular flexibility index (Phi) is 4.80. The van der Waals surface area contributed by atoms with E-state index >= 15 is 0 Å². The minimum Gasteiger partial charge on any atom is -0.462 e. The molecule has 0 aliphatic heterocycles. The SMILES string of the molecule is COCc1cnc(CC(=O)Cc2coc3c(Cl)c(C)ccc23)s1. The molecule has 0 fully saturated rings. The molecule has 2 aromatic heterocycles. The summed E-state index contributed by atoms with van der Waals surface area (Å²) in [6.45, 7) is 2.45. The lowest BCUT2D eigenvalue weighted by molar-refractivity contribution is -0.117. The zero-order valence-corrected chi connectivity index (χ0v) is 14.5. The number of hydrogen-bond donors (Lipinski definition) is 0. The van der Waals surface area contributed by atoms with Gasteiger partial charge < -0.3 is 9.15 Å². The van der Waals surface area contributed by atoms with Crippen molar-refractivity contribution in [2.24, 2.45) is 0 Å². The minimum absolute atomic E-state index is 0.0997. The molecule has 1 aromatic carbocycles. The average Bonchev–Trinajstić information content (AvgIpc) is 3.11. The Morgan fingerprint density at radius 2 is 2.22 bits per heavy atom. The summed E-state index contributed by atoms with van der Waals surface area (Å²) in [5, 5.41) is 2.31. The first-order chi connectivity index (χ1) is 11.1. The topological polar surface area (TPSA) is 52.3 Å². The molecule has 0 bridgehead atoms. The van der Waals surface area contributed by atoms with Crippen LogP contribution in [0.5, 0.6) is 0 Å². The molecule has 0 saturated heterocycles. The van der Waals surface area contributed by atoms with E-state index in [-0.39, 0.29) is 5.78 Å². The van der Waals surface area contributed by atoms with E-state index in [1.54, 1.807) is 19.6 Å². The predicted molar refractivity (Wildman–Crippen MR) is 91.2 cm³/mol. The molecule has 23 heavy (non-hydrogen) atoms. The van der Waals surface area contributed by atoms with Gasteiger partial charge in [-0.3, -0.25) is 4.79 Å². The summed E-state index contributed by atoms with van der Waals surface area (Å²) in [6, 6.07) is 3.88. The Bertz CT molecular complexity index is 853. The molecule has 4 nitrogen and oxygen atoms in total. The molecule has 3 aromatic rings. The molecule has 120 valence electrons. The highest BCUT2D eigenvalue weighted by Gasteiger charge is 2.15. The molecule has 0 amide bonds. The van der Waals surface area contributed by atoms with E-state index < -0.39 is 0 Å². The van der Waals surface area contributed by atoms with Gasteiger partial charge >= 0.3 is 0 Å². The summed E-state index contributed by atoms with van der Waals surface area (Å²) in [7, 11) is 1.64. The lowest BCUT2D eigenvalue weighted by Crippen LogP contribution is -2.05. The number of thiazole rings is 1. The molecule has 0 aliphatic rings. The van der Waals surface area contributed by atoms with Crippen molar-refractivity contribution in [3.63, 3.8) is 0 Å². The van der Waals surface area contributed by atoms with Crippen molar-refractivity contribution in [1.82, 2.24) is 4.98 Å². The smallest absolute Gasteiger partial charge is 0.152 e. The van der Waals surface area contributed by atoms with Gasteiger partial charge in [-0.25, -0.2) is 4.98 Å². The lowest BCUT2D eigenvalue weighted by atomic mass is 10.1. The summed E-state index contributed by atoms with van der Waals surface area (Å²) >= 11 is 7.74. The van der Waals surface area contributed by atoms with E-state index in [1.807, 2.05) is 19.1 Å². The molecule has 0 radical (unpaired) electrons. The van der Waals surface area contributed by atoms with Gasteiger partial charge in [-0.2, -0.15) is 0 Å². The van der Waals surface area contributed by atoms with Crippen LogP contribution in [0.4, 0.5) is 0 Å². The van der Waals surface area contributed by atoms with Crippen LogP contribution in [0.15, 0.2) is 29.0 Å². The number of Topliss-reactive ketones (excluding diaryl/α,β-unsaturated/α-hetero) is 1. The number of nitrogens with zero attached hydrogens (tertiary/aromatic N) is 1. The number of ketones is 1. The molecule has 3 rings (SSSR count). The number of fused-ring (bicyclic) bond motifs is 1. The Balaban J connectivity index is 1.73. The average molecular weight is 350 g/mol. The zero-order valence-electron chi connectivity index (χ0n) is 12.9. The quantitative estimate of drug-likeness (QED) is 0.663. The van der Waals surface area contributed by atoms with Gasteiger partial charge in [0.1, 0.15) is 10.8 Å². The highest BCUT2D eigenvalue weighted by atomic mass is 35.5. The minimum atomic E-state index is 0.0997. The number of hydrogen-bond acceptors (Lipinski definition) is 5. The predicted octanol–water partition coefficient (Wildman–Crippen LogP) is 4.35. The largest absolute Gasteiger partial charge is 0.462 e. The van der Waals surface area contributed by atoms with Crippen LogP contribution in [-0.4, -0.2) is 17.9 Å². The van der Waals surface area contributed by atoms with E-state index in [2.05, 4.69) is 4.98 Å². The molecule has 6 heteroatoms. The van der Waals surface area contributed by atoms with Crippen molar-refractivity contribution < 1.29 is 13.9 Å². The van der Waals surface area contributed by atoms with E-state index in [4.69, 9.17) is 20.8 Å². The molecule has 0 saturated carbocycles. The maximum atomic E-state index is 12.3. The summed E-state index contributed by atoms with van der Waals surface area (Å²) in [4.78, 5) is 17.6. The first kappa shape index (κ1) is 16.2. The zero-order chi connectivity index (χ0) is 16.4.